The first-order valence-corrected chi connectivity index (χ1v) is 42.7. The maximum absolute atomic E-state index is 12.4. The van der Waals surface area contributed by atoms with Gasteiger partial charge in [0.2, 0.25) is 0 Å². The van der Waals surface area contributed by atoms with Crippen LogP contribution in [0.2, 0.25) is 0 Å². The molecule has 12 N–H and O–H groups in total. The lowest BCUT2D eigenvalue weighted by molar-refractivity contribution is 0.0902. The van der Waals surface area contributed by atoms with Gasteiger partial charge in [-0.15, -0.1) is 0 Å². The molecule has 120 heavy (non-hydrogen) atoms. The van der Waals surface area contributed by atoms with Gasteiger partial charge in [-0.05, 0) is 154 Å². The number of piperidine rings is 3. The maximum Gasteiger partial charge on any atom is 0.271 e. The van der Waals surface area contributed by atoms with Gasteiger partial charge in [0, 0.05) is 241 Å². The van der Waals surface area contributed by atoms with Gasteiger partial charge in [-0.25, -0.2) is 29.9 Å². The number of carbonyl (C=O) groups is 3. The lowest BCUT2D eigenvalue weighted by Gasteiger charge is -2.42. The van der Waals surface area contributed by atoms with Crippen LogP contribution in [0, 0.1) is 0 Å². The molecule has 0 unspecified atom stereocenters. The second kappa shape index (κ2) is 42.9. The van der Waals surface area contributed by atoms with Gasteiger partial charge >= 0.3 is 0 Å². The molecule has 3 amide bonds. The Bertz CT molecular complexity index is 4550. The lowest BCUT2D eigenvalue weighted by atomic mass is 10.0. The van der Waals surface area contributed by atoms with Gasteiger partial charge in [0.25, 0.3) is 17.7 Å². The van der Waals surface area contributed by atoms with E-state index in [4.69, 9.17) is 58.0 Å². The number of hydrogen-bond donors (Lipinski definition) is 9. The van der Waals surface area contributed by atoms with E-state index < -0.39 is 43.8 Å². The summed E-state index contributed by atoms with van der Waals surface area (Å²) in [4.78, 5) is 85.4. The van der Waals surface area contributed by atoms with Crippen molar-refractivity contribution in [3.8, 4) is 17.2 Å². The standard InChI is InChI=1S/3C29H44N8O3/c3*1-4-23-28(31-20-9-17-40-18-10-20)34-29(26(33-23)27(30)38)32-21-5-6-24(25(19-21)39-3)37-11-7-22(8-12-37)36-15-13-35(2)14-16-36/h3*5-6,19-20,22H,4,7-18H2,1-3H3,(H2,30,38)(H2,31,32,34)/i2D3,4D2;2*4D2. The molecule has 9 saturated heterocycles. The number of nitrogens with zero attached hydrogens (tertiary/aromatic N) is 15. The largest absolute Gasteiger partial charge is 0.495 e. The van der Waals surface area contributed by atoms with Crippen LogP contribution >= 0.6 is 0 Å². The number of amides is 3. The third kappa shape index (κ3) is 23.0. The fraction of sp³-hybridized carbons (Fsp3) is 0.621. The zero-order valence-corrected chi connectivity index (χ0v) is 71.2. The second-order valence-corrected chi connectivity index (χ2v) is 32.2. The molecule has 33 heteroatoms. The molecular formula is C87H132N24O9. The van der Waals surface area contributed by atoms with Crippen molar-refractivity contribution < 1.29 is 55.1 Å². The Morgan fingerprint density at radius 1 is 0.383 bits per heavy atom. The molecule has 6 aromatic rings. The van der Waals surface area contributed by atoms with E-state index in [1.54, 1.807) is 26.2 Å². The summed E-state index contributed by atoms with van der Waals surface area (Å²) in [6.07, 6.45) is 5.38. The highest BCUT2D eigenvalue weighted by Gasteiger charge is 2.34. The van der Waals surface area contributed by atoms with Crippen LogP contribution in [0.25, 0.3) is 0 Å². The smallest absolute Gasteiger partial charge is 0.271 e. The van der Waals surface area contributed by atoms with Crippen LogP contribution in [0.5, 0.6) is 17.2 Å². The van der Waals surface area contributed by atoms with Crippen molar-refractivity contribution in [1.82, 2.24) is 59.3 Å². The van der Waals surface area contributed by atoms with Gasteiger partial charge in [0.15, 0.2) is 52.0 Å². The van der Waals surface area contributed by atoms with Gasteiger partial charge in [-0.1, -0.05) is 20.8 Å². The number of hydrogen-bond acceptors (Lipinski definition) is 30. The van der Waals surface area contributed by atoms with Crippen molar-refractivity contribution in [2.45, 2.75) is 153 Å². The number of primary amides is 3. The third-order valence-electron chi connectivity index (χ3n) is 24.5. The molecular weight excluding hydrogens is 1530 g/mol. The Morgan fingerprint density at radius 2 is 0.642 bits per heavy atom. The summed E-state index contributed by atoms with van der Waals surface area (Å²) < 4.78 is 107. The summed E-state index contributed by atoms with van der Waals surface area (Å²) in [5.41, 5.74) is 21.7. The topological polar surface area (TPSA) is 363 Å². The number of anilines is 12. The summed E-state index contributed by atoms with van der Waals surface area (Å²) in [7, 11) is 9.30. The van der Waals surface area contributed by atoms with Gasteiger partial charge in [0.1, 0.15) is 17.2 Å². The van der Waals surface area contributed by atoms with Crippen molar-refractivity contribution in [3.63, 3.8) is 0 Å². The number of ether oxygens (including phenoxy) is 6. The number of benzene rings is 3. The van der Waals surface area contributed by atoms with Gasteiger partial charge in [-0.2, -0.15) is 0 Å². The van der Waals surface area contributed by atoms with E-state index in [2.05, 4.69) is 115 Å². The van der Waals surface area contributed by atoms with Crippen LogP contribution in [0.1, 0.15) is 159 Å². The molecule has 3 aromatic heterocycles. The number of aromatic nitrogens is 6. The van der Waals surface area contributed by atoms with Crippen molar-refractivity contribution in [1.29, 1.82) is 0 Å². The first kappa shape index (κ1) is 76.7. The van der Waals surface area contributed by atoms with E-state index in [0.717, 1.165) is 199 Å². The molecule has 0 spiro atoms. The Morgan fingerprint density at radius 3 is 0.875 bits per heavy atom. The summed E-state index contributed by atoms with van der Waals surface area (Å²) in [5.74, 6) is 0.956. The molecule has 654 valence electrons. The normalized spacial score (nSPS) is 21.5. The molecule has 12 heterocycles. The van der Waals surface area contributed by atoms with Gasteiger partial charge in [-0.3, -0.25) is 29.1 Å². The van der Waals surface area contributed by atoms with E-state index >= 15 is 0 Å². The fourth-order valence-corrected chi connectivity index (χ4v) is 17.4. The van der Waals surface area contributed by atoms with E-state index in [1.807, 2.05) is 54.6 Å². The highest BCUT2D eigenvalue weighted by Crippen LogP contribution is 2.40. The van der Waals surface area contributed by atoms with Gasteiger partial charge in [0.05, 0.1) is 55.5 Å². The maximum atomic E-state index is 12.4. The van der Waals surface area contributed by atoms with Crippen molar-refractivity contribution in [2.24, 2.45) is 17.2 Å². The molecule has 0 bridgehead atoms. The number of aryl methyl sites for hydroxylation is 3. The molecule has 33 nitrogen and oxygen atoms in total. The second-order valence-electron chi connectivity index (χ2n) is 32.2. The van der Waals surface area contributed by atoms with E-state index in [1.165, 1.54) is 20.8 Å². The summed E-state index contributed by atoms with van der Waals surface area (Å²) in [6.45, 7) is 23.0. The van der Waals surface area contributed by atoms with Gasteiger partial charge < -0.3 is 107 Å². The Balaban J connectivity index is 0.000000165. The summed E-state index contributed by atoms with van der Waals surface area (Å²) in [5, 5.41) is 19.5. The first-order chi connectivity index (χ1) is 61.6. The van der Waals surface area contributed by atoms with Crippen LogP contribution in [-0.4, -0.2) is 313 Å². The van der Waals surface area contributed by atoms with E-state index in [-0.39, 0.29) is 87.2 Å². The molecule has 0 atom stereocenters. The monoisotopic (exact) mass is 1670 g/mol. The molecule has 15 rings (SSSR count). The Hall–Kier alpha value is -9.45. The lowest BCUT2D eigenvalue weighted by Crippen LogP contribution is -2.52. The molecule has 0 aliphatic carbocycles. The Labute approximate surface area is 721 Å². The molecule has 9 aliphatic heterocycles. The molecule has 9 fully saturated rings. The first-order valence-electron chi connectivity index (χ1n) is 47.2. The number of nitrogens with one attached hydrogen (secondary N) is 6. The molecule has 9 aliphatic rings. The zero-order chi connectivity index (χ0) is 92.1. The van der Waals surface area contributed by atoms with Crippen LogP contribution in [0.15, 0.2) is 54.6 Å². The van der Waals surface area contributed by atoms with Crippen LogP contribution in [0.3, 0.4) is 0 Å². The van der Waals surface area contributed by atoms with Crippen molar-refractivity contribution >= 4 is 86.8 Å². The highest BCUT2D eigenvalue weighted by atomic mass is 16.5. The summed E-state index contributed by atoms with van der Waals surface area (Å²) in [6, 6.07) is 19.1. The predicted octanol–water partition coefficient (Wildman–Crippen LogP) is 8.09. The highest BCUT2D eigenvalue weighted by molar-refractivity contribution is 5.98. The molecule has 3 aromatic carbocycles. The van der Waals surface area contributed by atoms with Crippen molar-refractivity contribution in [3.05, 3.63) is 88.8 Å². The van der Waals surface area contributed by atoms with Crippen LogP contribution in [-0.2, 0) is 33.3 Å². The number of likely N-dealkylation sites (N-methyl/N-ethyl adjacent to an activating group) is 3. The molecule has 0 radical (unpaired) electrons. The zero-order valence-electron chi connectivity index (χ0n) is 80.2. The Kier molecular flexibility index (Phi) is 27.4. The SMILES string of the molecule is [2H]C([2H])(C)c1nc(C(N)=O)c(Nc2ccc(N3CCC(N4CCN(C([2H])([2H])[2H])CC4)CC3)c(OC)c2)nc1NC1CCOCC1.[2H]C([2H])(C)c1nc(C(N)=O)c(Nc2ccc(N3CCC(N4CCN(C)CC4)CC3)c(OC)c2)nc1NC1CCOCC1.[2H]C([2H])(C)c1nc(C(N)=O)c(Nc2ccc(N3CCC(N4CCN(C)CC4)CC3)c(OC)c2)nc1NC1CCOCC1. The van der Waals surface area contributed by atoms with Crippen molar-refractivity contribution in [2.75, 3.05) is 246 Å². The quantitative estimate of drug-likeness (QED) is 0.0235. The molecule has 0 saturated carbocycles. The number of methoxy groups -OCH3 is 3. The minimum atomic E-state index is -2.03. The van der Waals surface area contributed by atoms with E-state index in [0.29, 0.717) is 105 Å². The van der Waals surface area contributed by atoms with E-state index in [9.17, 15) is 14.4 Å². The number of carbonyl (C=O) groups excluding carboxylic acids is 3. The number of piperazine rings is 3. The average Bonchev–Trinajstić information content (AvgIpc) is 0.778. The summed E-state index contributed by atoms with van der Waals surface area (Å²) >= 11 is 0. The minimum absolute atomic E-state index is 0.0174. The minimum Gasteiger partial charge on any atom is -0.495 e. The number of rotatable bonds is 27. The van der Waals surface area contributed by atoms with Crippen LogP contribution in [0.4, 0.5) is 69.0 Å². The fourth-order valence-electron chi connectivity index (χ4n) is 17.4. The average molecular weight is 1670 g/mol. The number of nitrogens with two attached hydrogens (primary N) is 3. The third-order valence-corrected chi connectivity index (χ3v) is 24.5. The predicted molar refractivity (Wildman–Crippen MR) is 474 cm³/mol. The van der Waals surface area contributed by atoms with Crippen LogP contribution < -0.4 is 78.0 Å².